The van der Waals surface area contributed by atoms with Crippen LogP contribution in [0.3, 0.4) is 0 Å². The molecule has 0 fully saturated rings. The van der Waals surface area contributed by atoms with Gasteiger partial charge in [0.2, 0.25) is 0 Å². The van der Waals surface area contributed by atoms with Gasteiger partial charge in [0.05, 0.1) is 24.8 Å². The van der Waals surface area contributed by atoms with Gasteiger partial charge in [-0.1, -0.05) is 12.1 Å². The highest BCUT2D eigenvalue weighted by atomic mass is 16.5. The van der Waals surface area contributed by atoms with Crippen LogP contribution in [-0.4, -0.2) is 36.7 Å². The van der Waals surface area contributed by atoms with Crippen LogP contribution in [0.2, 0.25) is 0 Å². The molecule has 2 rings (SSSR count). The Hall–Kier alpha value is -2.58. The van der Waals surface area contributed by atoms with Gasteiger partial charge >= 0.3 is 0 Å². The molecule has 2 aromatic rings. The first-order chi connectivity index (χ1) is 11.1. The van der Waals surface area contributed by atoms with E-state index in [1.54, 1.807) is 35.0 Å². The van der Waals surface area contributed by atoms with E-state index in [0.29, 0.717) is 24.5 Å². The average Bonchev–Trinajstić information content (AvgIpc) is 2.54. The van der Waals surface area contributed by atoms with Crippen molar-refractivity contribution in [1.29, 1.82) is 5.26 Å². The molecule has 5 heteroatoms. The van der Waals surface area contributed by atoms with Crippen molar-refractivity contribution in [3.8, 4) is 11.8 Å². The van der Waals surface area contributed by atoms with Crippen LogP contribution in [0.15, 0.2) is 47.4 Å². The van der Waals surface area contributed by atoms with E-state index >= 15 is 0 Å². The Labute approximate surface area is 136 Å². The van der Waals surface area contributed by atoms with Gasteiger partial charge in [-0.2, -0.15) is 5.26 Å². The van der Waals surface area contributed by atoms with Gasteiger partial charge in [0.1, 0.15) is 0 Å². The van der Waals surface area contributed by atoms with Crippen molar-refractivity contribution < 1.29 is 4.74 Å². The number of hydrogen-bond acceptors (Lipinski definition) is 4. The first-order valence-electron chi connectivity index (χ1n) is 7.56. The number of rotatable bonds is 7. The standard InChI is InChI=1S/C18H21N3O2/c1-20(2)9-5-11-23-17-8-4-10-21(18(17)22)14-16-7-3-6-15(12-16)13-19/h3-4,6-8,10,12H,5,9,11,14H2,1-2H3. The molecule has 0 spiro atoms. The lowest BCUT2D eigenvalue weighted by Crippen LogP contribution is -2.23. The lowest BCUT2D eigenvalue weighted by atomic mass is 10.1. The summed E-state index contributed by atoms with van der Waals surface area (Å²) in [5.74, 6) is 0.364. The molecule has 1 heterocycles. The monoisotopic (exact) mass is 311 g/mol. The highest BCUT2D eigenvalue weighted by molar-refractivity contribution is 5.33. The predicted molar refractivity (Wildman–Crippen MR) is 89.6 cm³/mol. The third kappa shape index (κ3) is 4.97. The topological polar surface area (TPSA) is 58.3 Å². The minimum Gasteiger partial charge on any atom is -0.488 e. The fraction of sp³-hybridized carbons (Fsp3) is 0.333. The Morgan fingerprint density at radius 1 is 1.26 bits per heavy atom. The summed E-state index contributed by atoms with van der Waals surface area (Å²) < 4.78 is 7.19. The second-order valence-corrected chi connectivity index (χ2v) is 5.62. The maximum Gasteiger partial charge on any atom is 0.293 e. The minimum atomic E-state index is -0.153. The Balaban J connectivity index is 2.07. The molecule has 0 aliphatic rings. The number of nitrogens with zero attached hydrogens (tertiary/aromatic N) is 3. The molecule has 1 aromatic carbocycles. The van der Waals surface area contributed by atoms with Crippen LogP contribution < -0.4 is 10.3 Å². The van der Waals surface area contributed by atoms with Crippen molar-refractivity contribution in [3.63, 3.8) is 0 Å². The molecule has 0 aliphatic heterocycles. The highest BCUT2D eigenvalue weighted by Gasteiger charge is 2.05. The quantitative estimate of drug-likeness (QED) is 0.735. The molecular formula is C18H21N3O2. The smallest absolute Gasteiger partial charge is 0.293 e. The summed E-state index contributed by atoms with van der Waals surface area (Å²) in [6.07, 6.45) is 2.60. The third-order valence-corrected chi connectivity index (χ3v) is 3.40. The van der Waals surface area contributed by atoms with Crippen LogP contribution in [-0.2, 0) is 6.54 Å². The van der Waals surface area contributed by atoms with Gasteiger partial charge in [0, 0.05) is 12.7 Å². The van der Waals surface area contributed by atoms with Crippen LogP contribution in [0.4, 0.5) is 0 Å². The minimum absolute atomic E-state index is 0.153. The Morgan fingerprint density at radius 3 is 2.83 bits per heavy atom. The Bertz CT molecular complexity index is 744. The molecule has 1 aromatic heterocycles. The number of hydrogen-bond donors (Lipinski definition) is 0. The van der Waals surface area contributed by atoms with E-state index < -0.39 is 0 Å². The third-order valence-electron chi connectivity index (χ3n) is 3.40. The fourth-order valence-electron chi connectivity index (χ4n) is 2.25. The number of aromatic nitrogens is 1. The van der Waals surface area contributed by atoms with E-state index in [9.17, 15) is 4.79 Å². The zero-order valence-electron chi connectivity index (χ0n) is 13.5. The van der Waals surface area contributed by atoms with Crippen LogP contribution in [0, 0.1) is 11.3 Å². The molecule has 0 radical (unpaired) electrons. The van der Waals surface area contributed by atoms with Gasteiger partial charge in [-0.15, -0.1) is 0 Å². The Morgan fingerprint density at radius 2 is 2.09 bits per heavy atom. The molecule has 5 nitrogen and oxygen atoms in total. The SMILES string of the molecule is CN(C)CCCOc1cccn(Cc2cccc(C#N)c2)c1=O. The van der Waals surface area contributed by atoms with Crippen molar-refractivity contribution in [3.05, 3.63) is 64.1 Å². The van der Waals surface area contributed by atoms with Gasteiger partial charge < -0.3 is 14.2 Å². The summed E-state index contributed by atoms with van der Waals surface area (Å²) in [7, 11) is 4.01. The van der Waals surface area contributed by atoms with E-state index in [4.69, 9.17) is 10.00 Å². The van der Waals surface area contributed by atoms with E-state index in [0.717, 1.165) is 18.5 Å². The number of pyridine rings is 1. The molecular weight excluding hydrogens is 290 g/mol. The maximum atomic E-state index is 12.4. The summed E-state index contributed by atoms with van der Waals surface area (Å²) >= 11 is 0. The molecule has 0 amide bonds. The first kappa shape index (κ1) is 16.8. The molecule has 0 saturated carbocycles. The van der Waals surface area contributed by atoms with Gasteiger partial charge in [-0.3, -0.25) is 4.79 Å². The predicted octanol–water partition coefficient (Wildman–Crippen LogP) is 2.10. The normalized spacial score (nSPS) is 10.5. The lowest BCUT2D eigenvalue weighted by Gasteiger charge is -2.11. The second-order valence-electron chi connectivity index (χ2n) is 5.62. The summed E-state index contributed by atoms with van der Waals surface area (Å²) in [6.45, 7) is 1.85. The van der Waals surface area contributed by atoms with Crippen LogP contribution in [0.25, 0.3) is 0 Å². The van der Waals surface area contributed by atoms with Gasteiger partial charge in [-0.25, -0.2) is 0 Å². The van der Waals surface area contributed by atoms with Crippen LogP contribution in [0.5, 0.6) is 5.75 Å². The molecule has 23 heavy (non-hydrogen) atoms. The number of ether oxygens (including phenoxy) is 1. The van der Waals surface area contributed by atoms with Crippen LogP contribution in [0.1, 0.15) is 17.5 Å². The highest BCUT2D eigenvalue weighted by Crippen LogP contribution is 2.08. The summed E-state index contributed by atoms with van der Waals surface area (Å²) in [4.78, 5) is 14.5. The second kappa shape index (κ2) is 8.16. The largest absolute Gasteiger partial charge is 0.488 e. The molecule has 0 bridgehead atoms. The molecule has 0 saturated heterocycles. The number of nitriles is 1. The zero-order valence-corrected chi connectivity index (χ0v) is 13.5. The Kier molecular flexibility index (Phi) is 5.95. The summed E-state index contributed by atoms with van der Waals surface area (Å²) in [6, 6.07) is 12.9. The van der Waals surface area contributed by atoms with E-state index in [1.807, 2.05) is 26.2 Å². The summed E-state index contributed by atoms with van der Waals surface area (Å²) in [5.41, 5.74) is 1.35. The van der Waals surface area contributed by atoms with Crippen molar-refractivity contribution in [2.75, 3.05) is 27.2 Å². The lowest BCUT2D eigenvalue weighted by molar-refractivity contribution is 0.277. The van der Waals surface area contributed by atoms with Crippen LogP contribution >= 0.6 is 0 Å². The van der Waals surface area contributed by atoms with Gasteiger partial charge in [0.15, 0.2) is 5.75 Å². The van der Waals surface area contributed by atoms with Crippen molar-refractivity contribution in [1.82, 2.24) is 9.47 Å². The molecule has 0 atom stereocenters. The molecule has 0 aliphatic carbocycles. The molecule has 0 N–H and O–H groups in total. The van der Waals surface area contributed by atoms with E-state index in [1.165, 1.54) is 0 Å². The van der Waals surface area contributed by atoms with Crippen molar-refractivity contribution >= 4 is 0 Å². The zero-order chi connectivity index (χ0) is 16.7. The molecule has 120 valence electrons. The van der Waals surface area contributed by atoms with E-state index in [-0.39, 0.29) is 5.56 Å². The fourth-order valence-corrected chi connectivity index (χ4v) is 2.25. The summed E-state index contributed by atoms with van der Waals surface area (Å²) in [5, 5.41) is 8.94. The van der Waals surface area contributed by atoms with Gasteiger partial charge in [0.25, 0.3) is 5.56 Å². The average molecular weight is 311 g/mol. The molecule has 0 unspecified atom stereocenters. The van der Waals surface area contributed by atoms with E-state index in [2.05, 4.69) is 11.0 Å². The maximum absolute atomic E-state index is 12.4. The van der Waals surface area contributed by atoms with Crippen molar-refractivity contribution in [2.45, 2.75) is 13.0 Å². The first-order valence-corrected chi connectivity index (χ1v) is 7.56. The van der Waals surface area contributed by atoms with Crippen molar-refractivity contribution in [2.24, 2.45) is 0 Å². The number of benzene rings is 1. The van der Waals surface area contributed by atoms with Gasteiger partial charge in [-0.05, 0) is 50.3 Å².